The van der Waals surface area contributed by atoms with Gasteiger partial charge in [0, 0.05) is 6.54 Å². The third kappa shape index (κ3) is 2.25. The average molecular weight is 251 g/mol. The van der Waals surface area contributed by atoms with Gasteiger partial charge in [-0.25, -0.2) is 4.98 Å². The van der Waals surface area contributed by atoms with Crippen molar-refractivity contribution in [2.24, 2.45) is 0 Å². The molecule has 1 atom stereocenters. The van der Waals surface area contributed by atoms with E-state index < -0.39 is 0 Å². The summed E-state index contributed by atoms with van der Waals surface area (Å²) >= 11 is 0. The molecule has 0 amide bonds. The summed E-state index contributed by atoms with van der Waals surface area (Å²) in [6, 6.07) is 19.0. The van der Waals surface area contributed by atoms with E-state index in [1.165, 1.54) is 11.1 Å². The van der Waals surface area contributed by atoms with Gasteiger partial charge in [-0.2, -0.15) is 0 Å². The fourth-order valence-corrected chi connectivity index (χ4v) is 2.47. The number of hydrogen-bond acceptors (Lipinski definition) is 2. The molecule has 3 rings (SSSR count). The van der Waals surface area contributed by atoms with Crippen LogP contribution in [0.1, 0.15) is 11.6 Å². The Balaban J connectivity index is 2.10. The van der Waals surface area contributed by atoms with Crippen molar-refractivity contribution in [1.29, 1.82) is 0 Å². The molecule has 1 aromatic heterocycles. The second-order valence-corrected chi connectivity index (χ2v) is 4.62. The standard InChI is InChI=1S/C16H17N3/c1-17-11-16(13-7-3-2-4-8-13)19-12-18-14-9-5-6-10-15(14)19/h2-10,12,16-17H,11H2,1H3. The van der Waals surface area contributed by atoms with E-state index >= 15 is 0 Å². The van der Waals surface area contributed by atoms with Gasteiger partial charge in [-0.05, 0) is 24.7 Å². The van der Waals surface area contributed by atoms with E-state index in [9.17, 15) is 0 Å². The summed E-state index contributed by atoms with van der Waals surface area (Å²) in [5.41, 5.74) is 3.51. The molecule has 0 spiro atoms. The molecule has 19 heavy (non-hydrogen) atoms. The van der Waals surface area contributed by atoms with E-state index in [2.05, 4.69) is 51.3 Å². The fourth-order valence-electron chi connectivity index (χ4n) is 2.47. The van der Waals surface area contributed by atoms with Crippen LogP contribution in [-0.4, -0.2) is 23.1 Å². The average Bonchev–Trinajstić information content (AvgIpc) is 2.89. The number of para-hydroxylation sites is 2. The summed E-state index contributed by atoms with van der Waals surface area (Å²) in [4.78, 5) is 4.48. The Morgan fingerprint density at radius 3 is 2.58 bits per heavy atom. The van der Waals surface area contributed by atoms with Gasteiger partial charge in [0.05, 0.1) is 23.4 Å². The molecule has 2 aromatic carbocycles. The topological polar surface area (TPSA) is 29.9 Å². The highest BCUT2D eigenvalue weighted by atomic mass is 15.1. The molecule has 3 nitrogen and oxygen atoms in total. The summed E-state index contributed by atoms with van der Waals surface area (Å²) in [6.07, 6.45) is 1.93. The molecule has 0 bridgehead atoms. The Kier molecular flexibility index (Phi) is 3.29. The lowest BCUT2D eigenvalue weighted by Gasteiger charge is -2.19. The zero-order valence-electron chi connectivity index (χ0n) is 11.0. The van der Waals surface area contributed by atoms with Crippen LogP contribution in [0.2, 0.25) is 0 Å². The van der Waals surface area contributed by atoms with Crippen LogP contribution < -0.4 is 5.32 Å². The van der Waals surface area contributed by atoms with Gasteiger partial charge in [-0.3, -0.25) is 0 Å². The minimum absolute atomic E-state index is 0.263. The molecule has 1 unspecified atom stereocenters. The summed E-state index contributed by atoms with van der Waals surface area (Å²) in [7, 11) is 1.98. The zero-order chi connectivity index (χ0) is 13.1. The molecule has 0 aliphatic carbocycles. The van der Waals surface area contributed by atoms with Gasteiger partial charge in [-0.15, -0.1) is 0 Å². The maximum Gasteiger partial charge on any atom is 0.0964 e. The van der Waals surface area contributed by atoms with Crippen LogP contribution in [0.4, 0.5) is 0 Å². The number of rotatable bonds is 4. The molecule has 1 N–H and O–H groups in total. The predicted octanol–water partition coefficient (Wildman–Crippen LogP) is 2.85. The van der Waals surface area contributed by atoms with Gasteiger partial charge < -0.3 is 9.88 Å². The number of hydrogen-bond donors (Lipinski definition) is 1. The number of imidazole rings is 1. The molecule has 96 valence electrons. The Labute approximate surface area is 112 Å². The molecule has 3 aromatic rings. The maximum atomic E-state index is 4.48. The van der Waals surface area contributed by atoms with Crippen molar-refractivity contribution in [3.05, 3.63) is 66.5 Å². The lowest BCUT2D eigenvalue weighted by atomic mass is 10.1. The van der Waals surface area contributed by atoms with Crippen LogP contribution >= 0.6 is 0 Å². The molecule has 3 heteroatoms. The smallest absolute Gasteiger partial charge is 0.0964 e. The van der Waals surface area contributed by atoms with Gasteiger partial charge in [0.1, 0.15) is 0 Å². The van der Waals surface area contributed by atoms with Crippen LogP contribution in [0.25, 0.3) is 11.0 Å². The number of benzene rings is 2. The predicted molar refractivity (Wildman–Crippen MR) is 78.2 cm³/mol. The first-order valence-corrected chi connectivity index (χ1v) is 6.51. The van der Waals surface area contributed by atoms with E-state index in [1.807, 2.05) is 31.6 Å². The molecule has 1 heterocycles. The van der Waals surface area contributed by atoms with Crippen LogP contribution in [0.3, 0.4) is 0 Å². The number of aromatic nitrogens is 2. The zero-order valence-corrected chi connectivity index (χ0v) is 11.0. The highest BCUT2D eigenvalue weighted by Gasteiger charge is 2.14. The van der Waals surface area contributed by atoms with Gasteiger partial charge in [-0.1, -0.05) is 42.5 Å². The van der Waals surface area contributed by atoms with Crippen molar-refractivity contribution >= 4 is 11.0 Å². The molecule has 0 aliphatic rings. The van der Waals surface area contributed by atoms with Crippen molar-refractivity contribution < 1.29 is 0 Å². The SMILES string of the molecule is CNCC(c1ccccc1)n1cnc2ccccc21. The minimum Gasteiger partial charge on any atom is -0.322 e. The Hall–Kier alpha value is -2.13. The van der Waals surface area contributed by atoms with Crippen molar-refractivity contribution in [2.45, 2.75) is 6.04 Å². The third-order valence-corrected chi connectivity index (χ3v) is 3.40. The van der Waals surface area contributed by atoms with E-state index in [1.54, 1.807) is 0 Å². The Bertz CT molecular complexity index is 658. The molecule has 0 aliphatic heterocycles. The molecular weight excluding hydrogens is 234 g/mol. The first-order chi connectivity index (χ1) is 9.40. The maximum absolute atomic E-state index is 4.48. The summed E-state index contributed by atoms with van der Waals surface area (Å²) in [5.74, 6) is 0. The molecule has 0 fully saturated rings. The van der Waals surface area contributed by atoms with E-state index in [-0.39, 0.29) is 6.04 Å². The molecule has 0 saturated carbocycles. The number of nitrogens with one attached hydrogen (secondary N) is 1. The van der Waals surface area contributed by atoms with Crippen LogP contribution in [0.5, 0.6) is 0 Å². The van der Waals surface area contributed by atoms with Gasteiger partial charge in [0.15, 0.2) is 0 Å². The van der Waals surface area contributed by atoms with Gasteiger partial charge in [0.2, 0.25) is 0 Å². The highest BCUT2D eigenvalue weighted by molar-refractivity contribution is 5.75. The van der Waals surface area contributed by atoms with E-state index in [4.69, 9.17) is 0 Å². The van der Waals surface area contributed by atoms with Crippen molar-refractivity contribution in [3.8, 4) is 0 Å². The summed E-state index contributed by atoms with van der Waals surface area (Å²) < 4.78 is 2.24. The van der Waals surface area contributed by atoms with E-state index in [0.717, 1.165) is 12.1 Å². The largest absolute Gasteiger partial charge is 0.322 e. The lowest BCUT2D eigenvalue weighted by molar-refractivity contribution is 0.562. The van der Waals surface area contributed by atoms with Crippen molar-refractivity contribution in [3.63, 3.8) is 0 Å². The van der Waals surface area contributed by atoms with Crippen LogP contribution in [0, 0.1) is 0 Å². The fraction of sp³-hybridized carbons (Fsp3) is 0.188. The van der Waals surface area contributed by atoms with Crippen LogP contribution in [-0.2, 0) is 0 Å². The second kappa shape index (κ2) is 5.24. The first kappa shape index (κ1) is 11.9. The van der Waals surface area contributed by atoms with Crippen LogP contribution in [0.15, 0.2) is 60.9 Å². The summed E-state index contributed by atoms with van der Waals surface area (Å²) in [5, 5.41) is 3.27. The monoisotopic (exact) mass is 251 g/mol. The second-order valence-electron chi connectivity index (χ2n) is 4.62. The number of fused-ring (bicyclic) bond motifs is 1. The Morgan fingerprint density at radius 1 is 1.05 bits per heavy atom. The Morgan fingerprint density at radius 2 is 1.79 bits per heavy atom. The lowest BCUT2D eigenvalue weighted by Crippen LogP contribution is -2.22. The van der Waals surface area contributed by atoms with Gasteiger partial charge in [0.25, 0.3) is 0 Å². The first-order valence-electron chi connectivity index (χ1n) is 6.51. The molecular formula is C16H17N3. The summed E-state index contributed by atoms with van der Waals surface area (Å²) in [6.45, 7) is 0.879. The van der Waals surface area contributed by atoms with Crippen molar-refractivity contribution in [2.75, 3.05) is 13.6 Å². The van der Waals surface area contributed by atoms with Gasteiger partial charge >= 0.3 is 0 Å². The minimum atomic E-state index is 0.263. The molecule has 0 saturated heterocycles. The number of nitrogens with zero attached hydrogens (tertiary/aromatic N) is 2. The normalized spacial score (nSPS) is 12.7. The third-order valence-electron chi connectivity index (χ3n) is 3.40. The quantitative estimate of drug-likeness (QED) is 0.772. The van der Waals surface area contributed by atoms with E-state index in [0.29, 0.717) is 0 Å². The highest BCUT2D eigenvalue weighted by Crippen LogP contribution is 2.22. The number of likely N-dealkylation sites (N-methyl/N-ethyl adjacent to an activating group) is 1. The van der Waals surface area contributed by atoms with Crippen molar-refractivity contribution in [1.82, 2.24) is 14.9 Å². The molecule has 0 radical (unpaired) electrons.